The predicted octanol–water partition coefficient (Wildman–Crippen LogP) is -0.372. The number of nitrogens with one attached hydrogen (secondary N) is 2. The zero-order chi connectivity index (χ0) is 18.4. The summed E-state index contributed by atoms with van der Waals surface area (Å²) in [6, 6.07) is 0. The smallest absolute Gasteiger partial charge is 0.317 e. The Morgan fingerprint density at radius 2 is 1.58 bits per heavy atom. The Labute approximate surface area is 141 Å². The topological polar surface area (TPSA) is 139 Å². The van der Waals surface area contributed by atoms with Crippen molar-refractivity contribution < 1.29 is 29.7 Å². The molecule has 5 N–H and O–H groups in total. The standard InChI is InChI=1S/C15H27N3O6/c1-14(2)3-4-16-5-6-18(9-13(23)24)10-17-15(14,7-11(19)20)8-12(21)22/h16-17H,3-10H2,1-2H3,(H,19,20)(H,21,22)(H,23,24). The Morgan fingerprint density at radius 3 is 2.08 bits per heavy atom. The van der Waals surface area contributed by atoms with E-state index in [1.165, 1.54) is 0 Å². The van der Waals surface area contributed by atoms with E-state index >= 15 is 0 Å². The molecule has 0 aromatic carbocycles. The summed E-state index contributed by atoms with van der Waals surface area (Å²) in [6.07, 6.45) is -0.111. The van der Waals surface area contributed by atoms with Crippen LogP contribution < -0.4 is 10.6 Å². The number of nitrogens with zero attached hydrogens (tertiary/aromatic N) is 1. The molecule has 24 heavy (non-hydrogen) atoms. The van der Waals surface area contributed by atoms with Crippen molar-refractivity contribution in [1.82, 2.24) is 15.5 Å². The Bertz CT molecular complexity index is 464. The van der Waals surface area contributed by atoms with Gasteiger partial charge in [0.25, 0.3) is 0 Å². The Kier molecular flexibility index (Phi) is 7.12. The van der Waals surface area contributed by atoms with E-state index < -0.39 is 28.9 Å². The van der Waals surface area contributed by atoms with Gasteiger partial charge in [-0.25, -0.2) is 0 Å². The molecule has 0 radical (unpaired) electrons. The van der Waals surface area contributed by atoms with Crippen molar-refractivity contribution in [2.75, 3.05) is 32.8 Å². The van der Waals surface area contributed by atoms with Gasteiger partial charge in [0, 0.05) is 25.3 Å². The summed E-state index contributed by atoms with van der Waals surface area (Å²) in [6.45, 7) is 5.26. The molecular formula is C15H27N3O6. The molecule has 1 saturated heterocycles. The van der Waals surface area contributed by atoms with Gasteiger partial charge in [0.15, 0.2) is 0 Å². The van der Waals surface area contributed by atoms with Gasteiger partial charge in [-0.3, -0.25) is 24.6 Å². The number of hydrogen-bond donors (Lipinski definition) is 5. The summed E-state index contributed by atoms with van der Waals surface area (Å²) in [5.74, 6) is -3.17. The molecule has 0 bridgehead atoms. The molecule has 9 nitrogen and oxygen atoms in total. The van der Waals surface area contributed by atoms with Crippen LogP contribution in [0.2, 0.25) is 0 Å². The number of rotatable bonds is 6. The minimum absolute atomic E-state index is 0.109. The summed E-state index contributed by atoms with van der Waals surface area (Å²) in [7, 11) is 0. The first-order valence-electron chi connectivity index (χ1n) is 7.91. The van der Waals surface area contributed by atoms with Gasteiger partial charge < -0.3 is 20.6 Å². The van der Waals surface area contributed by atoms with Crippen LogP contribution in [-0.4, -0.2) is 76.5 Å². The maximum atomic E-state index is 11.4. The molecule has 1 rings (SSSR count). The third kappa shape index (κ3) is 5.73. The number of aliphatic carboxylic acids is 3. The average Bonchev–Trinajstić information content (AvgIpc) is 2.40. The van der Waals surface area contributed by atoms with Gasteiger partial charge in [0.2, 0.25) is 0 Å². The second-order valence-corrected chi connectivity index (χ2v) is 6.89. The van der Waals surface area contributed by atoms with Crippen LogP contribution in [0.4, 0.5) is 0 Å². The molecule has 0 unspecified atom stereocenters. The van der Waals surface area contributed by atoms with Crippen LogP contribution in [0.5, 0.6) is 0 Å². The van der Waals surface area contributed by atoms with Crippen LogP contribution in [0, 0.1) is 5.41 Å². The highest BCUT2D eigenvalue weighted by molar-refractivity contribution is 5.73. The normalized spacial score (nSPS) is 21.8. The molecule has 1 heterocycles. The van der Waals surface area contributed by atoms with E-state index in [4.69, 9.17) is 5.11 Å². The highest BCUT2D eigenvalue weighted by Gasteiger charge is 2.47. The second kappa shape index (κ2) is 8.41. The molecule has 0 aromatic rings. The van der Waals surface area contributed by atoms with Gasteiger partial charge in [0.1, 0.15) is 0 Å². The lowest BCUT2D eigenvalue weighted by atomic mass is 9.66. The van der Waals surface area contributed by atoms with Gasteiger partial charge >= 0.3 is 17.9 Å². The predicted molar refractivity (Wildman–Crippen MR) is 85.7 cm³/mol. The highest BCUT2D eigenvalue weighted by Crippen LogP contribution is 2.39. The van der Waals surface area contributed by atoms with E-state index in [0.29, 0.717) is 26.1 Å². The van der Waals surface area contributed by atoms with Gasteiger partial charge in [-0.05, 0) is 18.4 Å². The van der Waals surface area contributed by atoms with Crippen LogP contribution in [0.1, 0.15) is 33.1 Å². The molecule has 0 spiro atoms. The molecule has 1 aliphatic heterocycles. The highest BCUT2D eigenvalue weighted by atomic mass is 16.4. The van der Waals surface area contributed by atoms with E-state index in [2.05, 4.69) is 10.6 Å². The first-order chi connectivity index (χ1) is 11.1. The van der Waals surface area contributed by atoms with Crippen LogP contribution in [0.15, 0.2) is 0 Å². The van der Waals surface area contributed by atoms with Crippen LogP contribution >= 0.6 is 0 Å². The fourth-order valence-corrected chi connectivity index (χ4v) is 3.09. The maximum absolute atomic E-state index is 11.4. The lowest BCUT2D eigenvalue weighted by molar-refractivity contribution is -0.146. The van der Waals surface area contributed by atoms with Crippen molar-refractivity contribution in [2.45, 2.75) is 38.6 Å². The van der Waals surface area contributed by atoms with E-state index in [1.807, 2.05) is 13.8 Å². The Balaban J connectivity index is 3.14. The molecule has 0 aromatic heterocycles. The van der Waals surface area contributed by atoms with Crippen LogP contribution in [0.3, 0.4) is 0 Å². The lowest BCUT2D eigenvalue weighted by Gasteiger charge is -2.47. The minimum atomic E-state index is -1.18. The first kappa shape index (κ1) is 20.3. The molecule has 0 atom stereocenters. The largest absolute Gasteiger partial charge is 0.481 e. The Hall–Kier alpha value is -1.71. The number of carboxylic acid groups (broad SMARTS) is 3. The molecule has 138 valence electrons. The van der Waals surface area contributed by atoms with Gasteiger partial charge in [-0.1, -0.05) is 13.8 Å². The summed E-state index contributed by atoms with van der Waals surface area (Å²) in [5.41, 5.74) is -1.80. The van der Waals surface area contributed by atoms with E-state index in [0.717, 1.165) is 0 Å². The molecule has 9 heteroatoms. The Morgan fingerprint density at radius 1 is 1.00 bits per heavy atom. The third-order valence-electron chi connectivity index (χ3n) is 4.73. The van der Waals surface area contributed by atoms with Crippen molar-refractivity contribution in [1.29, 1.82) is 0 Å². The van der Waals surface area contributed by atoms with Gasteiger partial charge in [0.05, 0.1) is 19.4 Å². The average molecular weight is 345 g/mol. The monoisotopic (exact) mass is 345 g/mol. The zero-order valence-electron chi connectivity index (χ0n) is 14.2. The number of hydrogen-bond acceptors (Lipinski definition) is 6. The van der Waals surface area contributed by atoms with E-state index in [1.54, 1.807) is 4.90 Å². The number of carbonyl (C=O) groups is 3. The van der Waals surface area contributed by atoms with Gasteiger partial charge in [-0.15, -0.1) is 0 Å². The fraction of sp³-hybridized carbons (Fsp3) is 0.800. The van der Waals surface area contributed by atoms with E-state index in [9.17, 15) is 24.6 Å². The molecule has 0 aliphatic carbocycles. The zero-order valence-corrected chi connectivity index (χ0v) is 14.2. The SMILES string of the molecule is CC1(C)CCNCCN(CC(=O)O)CNC1(CC(=O)O)CC(=O)O. The summed E-state index contributed by atoms with van der Waals surface area (Å²) in [4.78, 5) is 35.4. The van der Waals surface area contributed by atoms with Crippen LogP contribution in [0.25, 0.3) is 0 Å². The molecule has 0 saturated carbocycles. The van der Waals surface area contributed by atoms with Crippen molar-refractivity contribution in [3.8, 4) is 0 Å². The molecule has 1 aliphatic rings. The summed E-state index contributed by atoms with van der Waals surface area (Å²) >= 11 is 0. The van der Waals surface area contributed by atoms with Crippen molar-refractivity contribution in [3.05, 3.63) is 0 Å². The molecule has 1 fully saturated rings. The minimum Gasteiger partial charge on any atom is -0.481 e. The molecule has 0 amide bonds. The molecular weight excluding hydrogens is 318 g/mol. The number of carboxylic acids is 3. The van der Waals surface area contributed by atoms with Gasteiger partial charge in [-0.2, -0.15) is 0 Å². The van der Waals surface area contributed by atoms with Crippen molar-refractivity contribution in [3.63, 3.8) is 0 Å². The fourth-order valence-electron chi connectivity index (χ4n) is 3.09. The van der Waals surface area contributed by atoms with E-state index in [-0.39, 0.29) is 26.1 Å². The first-order valence-corrected chi connectivity index (χ1v) is 7.91. The lowest BCUT2D eigenvalue weighted by Crippen LogP contribution is -2.62. The van der Waals surface area contributed by atoms with Crippen molar-refractivity contribution >= 4 is 17.9 Å². The summed E-state index contributed by atoms with van der Waals surface area (Å²) in [5, 5.41) is 33.9. The third-order valence-corrected chi connectivity index (χ3v) is 4.73. The summed E-state index contributed by atoms with van der Waals surface area (Å²) < 4.78 is 0. The quantitative estimate of drug-likeness (QED) is 0.436. The van der Waals surface area contributed by atoms with Crippen LogP contribution in [-0.2, 0) is 14.4 Å². The van der Waals surface area contributed by atoms with Crippen molar-refractivity contribution in [2.24, 2.45) is 5.41 Å². The second-order valence-electron chi connectivity index (χ2n) is 6.89. The maximum Gasteiger partial charge on any atom is 0.317 e.